The van der Waals surface area contributed by atoms with Crippen molar-refractivity contribution in [2.45, 2.75) is 19.2 Å². The van der Waals surface area contributed by atoms with Gasteiger partial charge >= 0.3 is 0 Å². The maximum Gasteiger partial charge on any atom is 0.141 e. The van der Waals surface area contributed by atoms with Crippen LogP contribution in [0.4, 0.5) is 4.39 Å². The molecule has 2 aromatic carbocycles. The monoisotopic (exact) mass is 370 g/mol. The zero-order chi connectivity index (χ0) is 16.8. The van der Waals surface area contributed by atoms with Crippen LogP contribution in [0, 0.1) is 17.1 Å². The molecule has 2 nitrogen and oxygen atoms in total. The van der Waals surface area contributed by atoms with Crippen molar-refractivity contribution in [3.05, 3.63) is 65.6 Å². The number of rotatable bonds is 2. The fraction of sp³-hybridized carbons (Fsp3) is 0.158. The van der Waals surface area contributed by atoms with E-state index in [-0.39, 0.29) is 5.82 Å². The van der Waals surface area contributed by atoms with Crippen LogP contribution in [0.1, 0.15) is 25.1 Å². The minimum atomic E-state index is -0.279. The Bertz CT molecular complexity index is 852. The predicted molar refractivity (Wildman–Crippen MR) is 95.8 cm³/mol. The molecular formula is C19H16BrFN2. The summed E-state index contributed by atoms with van der Waals surface area (Å²) in [5.74, 6) is -0.279. The van der Waals surface area contributed by atoms with E-state index in [9.17, 15) is 4.39 Å². The predicted octanol–water partition coefficient (Wildman–Crippen LogP) is 5.83. The molecule has 0 amide bonds. The number of nitriles is 1. The van der Waals surface area contributed by atoms with Crippen LogP contribution in [0.15, 0.2) is 48.5 Å². The minimum Gasteiger partial charge on any atom is -0.237 e. The summed E-state index contributed by atoms with van der Waals surface area (Å²) in [5, 5.41) is 10.8. The summed E-state index contributed by atoms with van der Waals surface area (Å²) in [7, 11) is 0. The summed E-state index contributed by atoms with van der Waals surface area (Å²) in [6, 6.07) is 16.0. The van der Waals surface area contributed by atoms with Crippen molar-refractivity contribution >= 4 is 26.8 Å². The summed E-state index contributed by atoms with van der Waals surface area (Å²) in [5.41, 5.74) is 3.97. The Morgan fingerprint density at radius 1 is 1.09 bits per heavy atom. The van der Waals surface area contributed by atoms with Gasteiger partial charge in [-0.25, -0.2) is 9.37 Å². The molecule has 0 saturated heterocycles. The van der Waals surface area contributed by atoms with Crippen molar-refractivity contribution in [2.24, 2.45) is 0 Å². The normalized spacial score (nSPS) is 9.87. The van der Waals surface area contributed by atoms with Gasteiger partial charge in [-0.1, -0.05) is 54.0 Å². The molecule has 0 aliphatic heterocycles. The molecule has 23 heavy (non-hydrogen) atoms. The first-order chi connectivity index (χ1) is 11.2. The lowest BCUT2D eigenvalue weighted by atomic mass is 9.99. The molecule has 0 atom stereocenters. The van der Waals surface area contributed by atoms with Gasteiger partial charge < -0.3 is 0 Å². The number of halogens is 2. The summed E-state index contributed by atoms with van der Waals surface area (Å²) in [4.78, 5) is 4.35. The van der Waals surface area contributed by atoms with E-state index in [2.05, 4.69) is 27.0 Å². The van der Waals surface area contributed by atoms with Crippen molar-refractivity contribution in [3.8, 4) is 17.2 Å². The van der Waals surface area contributed by atoms with Crippen molar-refractivity contribution in [1.82, 2.24) is 4.98 Å². The smallest absolute Gasteiger partial charge is 0.141 e. The van der Waals surface area contributed by atoms with Crippen LogP contribution in [-0.4, -0.2) is 4.98 Å². The van der Waals surface area contributed by atoms with Gasteiger partial charge in [0.1, 0.15) is 17.6 Å². The second-order valence-electron chi connectivity index (χ2n) is 4.66. The largest absolute Gasteiger partial charge is 0.237 e. The fourth-order valence-corrected chi connectivity index (χ4v) is 2.63. The Morgan fingerprint density at radius 2 is 1.78 bits per heavy atom. The van der Waals surface area contributed by atoms with Crippen LogP contribution in [0.3, 0.4) is 0 Å². The van der Waals surface area contributed by atoms with E-state index in [1.165, 1.54) is 12.1 Å². The number of hydrogen-bond donors (Lipinski definition) is 0. The van der Waals surface area contributed by atoms with Crippen molar-refractivity contribution in [1.29, 1.82) is 5.26 Å². The average molecular weight is 371 g/mol. The third-order valence-electron chi connectivity index (χ3n) is 3.30. The number of alkyl halides is 1. The Morgan fingerprint density at radius 3 is 2.39 bits per heavy atom. The van der Waals surface area contributed by atoms with Crippen LogP contribution < -0.4 is 0 Å². The van der Waals surface area contributed by atoms with Gasteiger partial charge in [-0.3, -0.25) is 0 Å². The second-order valence-corrected chi connectivity index (χ2v) is 5.22. The highest BCUT2D eigenvalue weighted by molar-refractivity contribution is 9.08. The van der Waals surface area contributed by atoms with E-state index in [1.807, 2.05) is 32.0 Å². The highest BCUT2D eigenvalue weighted by Gasteiger charge is 2.09. The lowest BCUT2D eigenvalue weighted by molar-refractivity contribution is 0.628. The van der Waals surface area contributed by atoms with Gasteiger partial charge in [-0.15, -0.1) is 0 Å². The molecule has 1 aromatic heterocycles. The number of nitrogens with zero attached hydrogens (tertiary/aromatic N) is 2. The fourth-order valence-electron chi connectivity index (χ4n) is 2.28. The average Bonchev–Trinajstić information content (AvgIpc) is 2.62. The van der Waals surface area contributed by atoms with Gasteiger partial charge in [-0.05, 0) is 41.0 Å². The Hall–Kier alpha value is -2.25. The van der Waals surface area contributed by atoms with Crippen molar-refractivity contribution in [2.75, 3.05) is 0 Å². The number of benzene rings is 2. The summed E-state index contributed by atoms with van der Waals surface area (Å²) >= 11 is 3.42. The van der Waals surface area contributed by atoms with Gasteiger partial charge in [0.15, 0.2) is 0 Å². The van der Waals surface area contributed by atoms with Crippen molar-refractivity contribution < 1.29 is 4.39 Å². The molecule has 3 aromatic rings. The highest BCUT2D eigenvalue weighted by Crippen LogP contribution is 2.29. The van der Waals surface area contributed by atoms with E-state index in [0.29, 0.717) is 5.69 Å². The molecule has 116 valence electrons. The van der Waals surface area contributed by atoms with Gasteiger partial charge in [0.25, 0.3) is 0 Å². The number of hydrogen-bond acceptors (Lipinski definition) is 2. The van der Waals surface area contributed by atoms with E-state index in [1.54, 1.807) is 18.2 Å². The highest BCUT2D eigenvalue weighted by atomic mass is 79.9. The summed E-state index contributed by atoms with van der Waals surface area (Å²) < 4.78 is 13.1. The van der Waals surface area contributed by atoms with E-state index >= 15 is 0 Å². The lowest BCUT2D eigenvalue weighted by Gasteiger charge is -2.08. The van der Waals surface area contributed by atoms with Gasteiger partial charge in [0.2, 0.25) is 0 Å². The van der Waals surface area contributed by atoms with Gasteiger partial charge in [-0.2, -0.15) is 5.26 Å². The Balaban J connectivity index is 0.000000924. The Kier molecular flexibility index (Phi) is 5.84. The Labute approximate surface area is 143 Å². The van der Waals surface area contributed by atoms with Crippen LogP contribution in [0.5, 0.6) is 0 Å². The standard InChI is InChI=1S/C17H10BrFN2.C2H6/c18-9-11-1-6-15-16(12-2-4-13(19)5-3-12)8-14(10-20)21-17(15)7-11;1-2/h1-8H,9H2;1-2H3. The van der Waals surface area contributed by atoms with E-state index in [4.69, 9.17) is 5.26 Å². The molecule has 0 saturated carbocycles. The SMILES string of the molecule is CC.N#Cc1cc(-c2ccc(F)cc2)c2ccc(CBr)cc2n1. The molecule has 0 unspecified atom stereocenters. The topological polar surface area (TPSA) is 36.7 Å². The first-order valence-corrected chi connectivity index (χ1v) is 8.49. The van der Waals surface area contributed by atoms with Crippen LogP contribution in [0.25, 0.3) is 22.0 Å². The minimum absolute atomic E-state index is 0.279. The lowest BCUT2D eigenvalue weighted by Crippen LogP contribution is -1.91. The molecular weight excluding hydrogens is 355 g/mol. The molecule has 0 bridgehead atoms. The van der Waals surface area contributed by atoms with Gasteiger partial charge in [0.05, 0.1) is 5.52 Å². The zero-order valence-corrected chi connectivity index (χ0v) is 14.6. The van der Waals surface area contributed by atoms with E-state index < -0.39 is 0 Å². The number of fused-ring (bicyclic) bond motifs is 1. The molecule has 0 fully saturated rings. The second kappa shape index (κ2) is 7.85. The molecule has 0 N–H and O–H groups in total. The first-order valence-electron chi connectivity index (χ1n) is 7.37. The molecule has 0 aliphatic carbocycles. The molecule has 0 radical (unpaired) electrons. The molecule has 4 heteroatoms. The molecule has 1 heterocycles. The zero-order valence-electron chi connectivity index (χ0n) is 13.0. The number of pyridine rings is 1. The maximum absolute atomic E-state index is 13.1. The summed E-state index contributed by atoms with van der Waals surface area (Å²) in [6.45, 7) is 4.00. The quantitative estimate of drug-likeness (QED) is 0.531. The third kappa shape index (κ3) is 3.75. The maximum atomic E-state index is 13.1. The summed E-state index contributed by atoms with van der Waals surface area (Å²) in [6.07, 6.45) is 0. The number of aromatic nitrogens is 1. The van der Waals surface area contributed by atoms with Gasteiger partial charge in [0, 0.05) is 10.7 Å². The molecule has 0 aliphatic rings. The molecule has 0 spiro atoms. The van der Waals surface area contributed by atoms with Crippen molar-refractivity contribution in [3.63, 3.8) is 0 Å². The van der Waals surface area contributed by atoms with Crippen LogP contribution in [0.2, 0.25) is 0 Å². The first kappa shape index (κ1) is 17.1. The molecule has 3 rings (SSSR count). The third-order valence-corrected chi connectivity index (χ3v) is 3.95. The van der Waals surface area contributed by atoms with Crippen LogP contribution >= 0.6 is 15.9 Å². The van der Waals surface area contributed by atoms with Crippen LogP contribution in [-0.2, 0) is 5.33 Å². The van der Waals surface area contributed by atoms with E-state index in [0.717, 1.165) is 32.9 Å².